The van der Waals surface area contributed by atoms with E-state index in [-0.39, 0.29) is 17.7 Å². The average Bonchev–Trinajstić information content (AvgIpc) is 3.23. The van der Waals surface area contributed by atoms with Gasteiger partial charge in [-0.05, 0) is 61.0 Å². The fourth-order valence-electron chi connectivity index (χ4n) is 3.82. The lowest BCUT2D eigenvalue weighted by atomic mass is 10.0. The van der Waals surface area contributed by atoms with Gasteiger partial charge >= 0.3 is 0 Å². The number of nitrogens with one attached hydrogen (secondary N) is 1. The second kappa shape index (κ2) is 7.84. The Morgan fingerprint density at radius 3 is 2.52 bits per heavy atom. The zero-order valence-electron chi connectivity index (χ0n) is 15.2. The average molecular weight is 364 g/mol. The van der Waals surface area contributed by atoms with E-state index < -0.39 is 0 Å². The van der Waals surface area contributed by atoms with Gasteiger partial charge in [-0.25, -0.2) is 0 Å². The molecule has 0 saturated carbocycles. The molecular weight excluding hydrogens is 340 g/mol. The van der Waals surface area contributed by atoms with Gasteiger partial charge in [0.2, 0.25) is 0 Å². The highest BCUT2D eigenvalue weighted by atomic mass is 16.3. The van der Waals surface area contributed by atoms with Crippen molar-refractivity contribution in [1.82, 2.24) is 10.2 Å². The van der Waals surface area contributed by atoms with E-state index in [0.717, 1.165) is 42.5 Å². The number of rotatable bonds is 5. The third kappa shape index (κ3) is 3.83. The van der Waals surface area contributed by atoms with E-state index in [9.17, 15) is 9.90 Å². The Bertz CT molecular complexity index is 914. The van der Waals surface area contributed by atoms with Crippen molar-refractivity contribution in [2.75, 3.05) is 19.6 Å². The molecule has 0 aliphatic carbocycles. The van der Waals surface area contributed by atoms with Gasteiger partial charge in [0.1, 0.15) is 11.5 Å². The van der Waals surface area contributed by atoms with Gasteiger partial charge in [0.05, 0.1) is 17.9 Å². The first-order valence-corrected chi connectivity index (χ1v) is 9.50. The van der Waals surface area contributed by atoms with Crippen molar-refractivity contribution in [3.8, 4) is 5.75 Å². The van der Waals surface area contributed by atoms with Gasteiger partial charge in [-0.3, -0.25) is 9.69 Å². The highest BCUT2D eigenvalue weighted by Crippen LogP contribution is 2.27. The molecule has 2 N–H and O–H groups in total. The topological polar surface area (TPSA) is 65.7 Å². The van der Waals surface area contributed by atoms with E-state index in [1.807, 2.05) is 36.4 Å². The van der Waals surface area contributed by atoms with Crippen LogP contribution in [-0.2, 0) is 0 Å². The summed E-state index contributed by atoms with van der Waals surface area (Å²) in [4.78, 5) is 15.1. The Balaban J connectivity index is 1.52. The van der Waals surface area contributed by atoms with Crippen LogP contribution in [0.2, 0.25) is 0 Å². The molecule has 3 aromatic rings. The molecule has 1 atom stereocenters. The molecule has 0 radical (unpaired) electrons. The smallest absolute Gasteiger partial charge is 0.255 e. The second-order valence-corrected chi connectivity index (χ2v) is 7.05. The Labute approximate surface area is 158 Å². The minimum Gasteiger partial charge on any atom is -0.507 e. The van der Waals surface area contributed by atoms with Gasteiger partial charge < -0.3 is 14.8 Å². The molecule has 1 aliphatic rings. The van der Waals surface area contributed by atoms with Crippen molar-refractivity contribution < 1.29 is 14.3 Å². The number of fused-ring (bicyclic) bond motifs is 1. The molecule has 0 spiro atoms. The summed E-state index contributed by atoms with van der Waals surface area (Å²) in [5, 5.41) is 15.1. The van der Waals surface area contributed by atoms with E-state index in [1.54, 1.807) is 18.4 Å². The molecule has 1 fully saturated rings. The normalized spacial score (nSPS) is 16.3. The molecular formula is C22H24N2O3. The Hall–Kier alpha value is -2.79. The molecule has 1 saturated heterocycles. The standard InChI is InChI=1S/C22H24N2O3/c25-20-14-17-8-3-2-7-16(17)13-18(20)22(26)23-15-19(21-9-6-12-27-21)24-10-4-1-5-11-24/h2-3,6-9,12-14,19,25H,1,4-5,10-11,15H2,(H,23,26). The zero-order chi connectivity index (χ0) is 18.6. The fourth-order valence-corrected chi connectivity index (χ4v) is 3.82. The number of piperidine rings is 1. The number of likely N-dealkylation sites (tertiary alicyclic amines) is 1. The summed E-state index contributed by atoms with van der Waals surface area (Å²) >= 11 is 0. The molecule has 1 aromatic heterocycles. The Morgan fingerprint density at radius 1 is 1.07 bits per heavy atom. The second-order valence-electron chi connectivity index (χ2n) is 7.05. The summed E-state index contributed by atoms with van der Waals surface area (Å²) in [5.41, 5.74) is 0.297. The lowest BCUT2D eigenvalue weighted by Crippen LogP contribution is -2.40. The van der Waals surface area contributed by atoms with Gasteiger partial charge in [-0.15, -0.1) is 0 Å². The summed E-state index contributed by atoms with van der Waals surface area (Å²) in [6, 6.07) is 14.9. The van der Waals surface area contributed by atoms with Crippen LogP contribution in [0, 0.1) is 0 Å². The van der Waals surface area contributed by atoms with E-state index in [0.29, 0.717) is 12.1 Å². The van der Waals surface area contributed by atoms with Gasteiger partial charge in [0, 0.05) is 6.54 Å². The molecule has 5 heteroatoms. The molecule has 1 amide bonds. The highest BCUT2D eigenvalue weighted by molar-refractivity contribution is 6.01. The summed E-state index contributed by atoms with van der Waals surface area (Å²) in [6.07, 6.45) is 5.25. The van der Waals surface area contributed by atoms with Gasteiger partial charge in [-0.2, -0.15) is 0 Å². The number of hydrogen-bond acceptors (Lipinski definition) is 4. The van der Waals surface area contributed by atoms with Gasteiger partial charge in [-0.1, -0.05) is 30.7 Å². The van der Waals surface area contributed by atoms with Crippen LogP contribution < -0.4 is 5.32 Å². The molecule has 1 unspecified atom stereocenters. The lowest BCUT2D eigenvalue weighted by molar-refractivity contribution is 0.0911. The minimum absolute atomic E-state index is 0.00118. The number of hydrogen-bond donors (Lipinski definition) is 2. The third-order valence-electron chi connectivity index (χ3n) is 5.27. The van der Waals surface area contributed by atoms with Crippen LogP contribution in [0.1, 0.15) is 41.4 Å². The van der Waals surface area contributed by atoms with Crippen LogP contribution in [0.3, 0.4) is 0 Å². The number of nitrogens with zero attached hydrogens (tertiary/aromatic N) is 1. The number of aromatic hydroxyl groups is 1. The monoisotopic (exact) mass is 364 g/mol. The van der Waals surface area contributed by atoms with Crippen LogP contribution in [0.25, 0.3) is 10.8 Å². The number of carbonyl (C=O) groups excluding carboxylic acids is 1. The van der Waals surface area contributed by atoms with Crippen molar-refractivity contribution in [3.63, 3.8) is 0 Å². The maximum absolute atomic E-state index is 12.7. The molecule has 4 rings (SSSR count). The van der Waals surface area contributed by atoms with E-state index in [2.05, 4.69) is 10.2 Å². The Morgan fingerprint density at radius 2 is 1.81 bits per heavy atom. The lowest BCUT2D eigenvalue weighted by Gasteiger charge is -2.33. The molecule has 2 aromatic carbocycles. The fraction of sp³-hybridized carbons (Fsp3) is 0.318. The van der Waals surface area contributed by atoms with Crippen LogP contribution >= 0.6 is 0 Å². The summed E-state index contributed by atoms with van der Waals surface area (Å²) in [5.74, 6) is 0.588. The Kier molecular flexibility index (Phi) is 5.12. The summed E-state index contributed by atoms with van der Waals surface area (Å²) in [7, 11) is 0. The van der Waals surface area contributed by atoms with E-state index in [4.69, 9.17) is 4.42 Å². The van der Waals surface area contributed by atoms with Crippen molar-refractivity contribution in [2.24, 2.45) is 0 Å². The first-order chi connectivity index (χ1) is 13.2. The number of benzene rings is 2. The summed E-state index contributed by atoms with van der Waals surface area (Å²) < 4.78 is 5.63. The van der Waals surface area contributed by atoms with Crippen molar-refractivity contribution in [2.45, 2.75) is 25.3 Å². The predicted octanol–water partition coefficient (Wildman–Crippen LogP) is 4.10. The quantitative estimate of drug-likeness (QED) is 0.715. The molecule has 0 bridgehead atoms. The van der Waals surface area contributed by atoms with E-state index >= 15 is 0 Å². The van der Waals surface area contributed by atoms with Gasteiger partial charge in [0.25, 0.3) is 5.91 Å². The largest absolute Gasteiger partial charge is 0.507 e. The maximum Gasteiger partial charge on any atom is 0.255 e. The van der Waals surface area contributed by atoms with Crippen molar-refractivity contribution >= 4 is 16.7 Å². The van der Waals surface area contributed by atoms with Crippen LogP contribution in [-0.4, -0.2) is 35.5 Å². The number of carbonyl (C=O) groups is 1. The number of phenols is 1. The number of furan rings is 1. The SMILES string of the molecule is O=C(NCC(c1ccco1)N1CCCCC1)c1cc2ccccc2cc1O. The zero-order valence-corrected chi connectivity index (χ0v) is 15.2. The van der Waals surface area contributed by atoms with E-state index in [1.165, 1.54) is 6.42 Å². The van der Waals surface area contributed by atoms with Crippen LogP contribution in [0.5, 0.6) is 5.75 Å². The molecule has 1 aliphatic heterocycles. The van der Waals surface area contributed by atoms with Crippen molar-refractivity contribution in [1.29, 1.82) is 0 Å². The van der Waals surface area contributed by atoms with Crippen molar-refractivity contribution in [3.05, 3.63) is 66.1 Å². The summed E-state index contributed by atoms with van der Waals surface area (Å²) in [6.45, 7) is 2.45. The number of phenolic OH excluding ortho intramolecular Hbond substituents is 1. The highest BCUT2D eigenvalue weighted by Gasteiger charge is 2.25. The molecule has 2 heterocycles. The maximum atomic E-state index is 12.7. The minimum atomic E-state index is -0.271. The van der Waals surface area contributed by atoms with Gasteiger partial charge in [0.15, 0.2) is 0 Å². The molecule has 27 heavy (non-hydrogen) atoms. The third-order valence-corrected chi connectivity index (χ3v) is 5.27. The molecule has 5 nitrogen and oxygen atoms in total. The molecule has 140 valence electrons. The van der Waals surface area contributed by atoms with Crippen LogP contribution in [0.4, 0.5) is 0 Å². The first-order valence-electron chi connectivity index (χ1n) is 9.50. The number of amides is 1. The predicted molar refractivity (Wildman–Crippen MR) is 105 cm³/mol. The van der Waals surface area contributed by atoms with Crippen LogP contribution in [0.15, 0.2) is 59.2 Å². The first kappa shape index (κ1) is 17.6.